The number of rotatable bonds is 6. The van der Waals surface area contributed by atoms with Gasteiger partial charge in [-0.2, -0.15) is 0 Å². The first-order chi connectivity index (χ1) is 15.0. The third-order valence-corrected chi connectivity index (χ3v) is 7.07. The number of nitrogens with zero attached hydrogens (tertiary/aromatic N) is 1. The quantitative estimate of drug-likeness (QED) is 0.383. The molecule has 0 radical (unpaired) electrons. The highest BCUT2D eigenvalue weighted by Crippen LogP contribution is 2.42. The Labute approximate surface area is 190 Å². The highest BCUT2D eigenvalue weighted by Gasteiger charge is 2.38. The molecule has 160 valence electrons. The van der Waals surface area contributed by atoms with Crippen LogP contribution in [0.15, 0.2) is 59.5 Å². The van der Waals surface area contributed by atoms with Crippen LogP contribution in [0.1, 0.15) is 49.1 Å². The molecule has 1 aliphatic heterocycles. The first-order valence-corrected chi connectivity index (χ1v) is 12.1. The molecule has 0 saturated heterocycles. The molecule has 1 aromatic heterocycles. The molecular weight excluding hydrogens is 428 g/mol. The van der Waals surface area contributed by atoms with Crippen LogP contribution in [0, 0.1) is 6.92 Å². The van der Waals surface area contributed by atoms with Gasteiger partial charge in [0, 0.05) is 16.3 Å². The van der Waals surface area contributed by atoms with Crippen LogP contribution >= 0.6 is 23.1 Å². The second-order valence-corrected chi connectivity index (χ2v) is 9.30. The number of anilines is 1. The monoisotopic (exact) mass is 452 g/mol. The van der Waals surface area contributed by atoms with Gasteiger partial charge in [0.25, 0.3) is 5.91 Å². The maximum absolute atomic E-state index is 13.7. The summed E-state index contributed by atoms with van der Waals surface area (Å²) in [5.41, 5.74) is 3.15. The van der Waals surface area contributed by atoms with Crippen LogP contribution in [0.4, 0.5) is 5.69 Å². The van der Waals surface area contributed by atoms with Gasteiger partial charge in [0.05, 0.1) is 17.9 Å². The van der Waals surface area contributed by atoms with Gasteiger partial charge in [-0.05, 0) is 43.4 Å². The van der Waals surface area contributed by atoms with Crippen molar-refractivity contribution in [3.8, 4) is 0 Å². The van der Waals surface area contributed by atoms with Crippen LogP contribution < -0.4 is 5.32 Å². The number of esters is 1. The molecule has 0 bridgehead atoms. The van der Waals surface area contributed by atoms with Crippen LogP contribution in [-0.4, -0.2) is 29.6 Å². The summed E-state index contributed by atoms with van der Waals surface area (Å²) in [6, 6.07) is 18.1. The molecular formula is C24H24N2O3S2. The first-order valence-electron chi connectivity index (χ1n) is 10.1. The number of hydrogen-bond donors (Lipinski definition) is 1. The minimum Gasteiger partial charge on any atom is -0.462 e. The first kappa shape index (κ1) is 21.5. The van der Waals surface area contributed by atoms with Crippen LogP contribution in [0.25, 0.3) is 0 Å². The second kappa shape index (κ2) is 9.16. The van der Waals surface area contributed by atoms with Gasteiger partial charge in [-0.15, -0.1) is 23.1 Å². The van der Waals surface area contributed by atoms with Gasteiger partial charge in [-0.1, -0.05) is 42.5 Å². The zero-order valence-electron chi connectivity index (χ0n) is 17.7. The Morgan fingerprint density at radius 2 is 1.87 bits per heavy atom. The van der Waals surface area contributed by atoms with E-state index in [1.807, 2.05) is 72.7 Å². The van der Waals surface area contributed by atoms with Gasteiger partial charge in [-0.25, -0.2) is 4.79 Å². The number of carbonyl (C=O) groups excluding carboxylic acids is 2. The number of amides is 1. The lowest BCUT2D eigenvalue weighted by Gasteiger charge is -2.38. The summed E-state index contributed by atoms with van der Waals surface area (Å²) in [5, 5.41) is 3.49. The van der Waals surface area contributed by atoms with E-state index < -0.39 is 12.1 Å². The van der Waals surface area contributed by atoms with Crippen molar-refractivity contribution in [2.45, 2.75) is 31.5 Å². The van der Waals surface area contributed by atoms with Crippen molar-refractivity contribution in [3.63, 3.8) is 0 Å². The fourth-order valence-electron chi connectivity index (χ4n) is 3.75. The van der Waals surface area contributed by atoms with Crippen molar-refractivity contribution in [2.24, 2.45) is 0 Å². The number of thioether (sulfide) groups is 1. The zero-order chi connectivity index (χ0) is 22.0. The lowest BCUT2D eigenvalue weighted by molar-refractivity contribution is 0.0532. The van der Waals surface area contributed by atoms with E-state index in [-0.39, 0.29) is 12.5 Å². The van der Waals surface area contributed by atoms with Gasteiger partial charge < -0.3 is 15.0 Å². The van der Waals surface area contributed by atoms with Crippen LogP contribution in [-0.2, 0) is 11.3 Å². The molecule has 1 atom stereocenters. The topological polar surface area (TPSA) is 58.6 Å². The average molecular weight is 453 g/mol. The molecule has 1 N–H and O–H groups in total. The normalized spacial score (nSPS) is 15.4. The number of nitrogens with one attached hydrogen (secondary N) is 1. The van der Waals surface area contributed by atoms with Crippen molar-refractivity contribution in [3.05, 3.63) is 81.0 Å². The van der Waals surface area contributed by atoms with Crippen LogP contribution in [0.3, 0.4) is 0 Å². The molecule has 0 saturated carbocycles. The van der Waals surface area contributed by atoms with Crippen LogP contribution in [0.2, 0.25) is 0 Å². The maximum atomic E-state index is 13.7. The predicted octanol–water partition coefficient (Wildman–Crippen LogP) is 5.72. The summed E-state index contributed by atoms with van der Waals surface area (Å²) in [6.45, 7) is 4.41. The minimum atomic E-state index is -0.398. The molecule has 4 rings (SSSR count). The number of fused-ring (bicyclic) bond motifs is 1. The van der Waals surface area contributed by atoms with E-state index in [4.69, 9.17) is 4.74 Å². The smallest absolute Gasteiger partial charge is 0.350 e. The number of ether oxygens (including phenoxy) is 1. The minimum absolute atomic E-state index is 0.0826. The summed E-state index contributed by atoms with van der Waals surface area (Å²) in [6.07, 6.45) is 1.64. The predicted molar refractivity (Wildman–Crippen MR) is 126 cm³/mol. The van der Waals surface area contributed by atoms with Crippen molar-refractivity contribution >= 4 is 40.7 Å². The van der Waals surface area contributed by atoms with E-state index in [2.05, 4.69) is 5.32 Å². The summed E-state index contributed by atoms with van der Waals surface area (Å²) in [5.74, 6) is -0.481. The van der Waals surface area contributed by atoms with Gasteiger partial charge in [-0.3, -0.25) is 4.79 Å². The average Bonchev–Trinajstić information content (AvgIpc) is 3.13. The fourth-order valence-corrected chi connectivity index (χ4v) is 5.16. The maximum Gasteiger partial charge on any atom is 0.350 e. The lowest BCUT2D eigenvalue weighted by Crippen LogP contribution is -2.42. The molecule has 1 aliphatic rings. The molecule has 0 fully saturated rings. The van der Waals surface area contributed by atoms with Crippen molar-refractivity contribution in [2.75, 3.05) is 18.2 Å². The Kier molecular flexibility index (Phi) is 6.34. The molecule has 2 aromatic carbocycles. The Hall–Kier alpha value is -2.77. The molecule has 0 spiro atoms. The molecule has 5 nitrogen and oxygen atoms in total. The van der Waals surface area contributed by atoms with Gasteiger partial charge in [0.2, 0.25) is 0 Å². The van der Waals surface area contributed by atoms with E-state index in [0.717, 1.165) is 20.9 Å². The van der Waals surface area contributed by atoms with Crippen molar-refractivity contribution in [1.29, 1.82) is 0 Å². The number of hydrogen-bond acceptors (Lipinski definition) is 6. The number of thiophene rings is 1. The largest absolute Gasteiger partial charge is 0.462 e. The molecule has 0 aliphatic carbocycles. The summed E-state index contributed by atoms with van der Waals surface area (Å²) >= 11 is 2.98. The standard InChI is InChI=1S/C24H24N2O3S2/c1-4-29-24(28)21-20-19(15(2)31-21)23(27)26(14-16-8-6-5-7-9-16)22(25-20)17-10-12-18(30-3)13-11-17/h5-13,22,25H,4,14H2,1-3H3. The van der Waals surface area contributed by atoms with Gasteiger partial charge >= 0.3 is 5.97 Å². The van der Waals surface area contributed by atoms with Crippen molar-refractivity contribution in [1.82, 2.24) is 4.90 Å². The third-order valence-electron chi connectivity index (χ3n) is 5.24. The van der Waals surface area contributed by atoms with Gasteiger partial charge in [0.1, 0.15) is 11.0 Å². The Bertz CT molecular complexity index is 1090. The van der Waals surface area contributed by atoms with Gasteiger partial charge in [0.15, 0.2) is 0 Å². The molecule has 1 unspecified atom stereocenters. The number of carbonyl (C=O) groups is 2. The van der Waals surface area contributed by atoms with E-state index in [1.165, 1.54) is 11.3 Å². The van der Waals surface area contributed by atoms with Crippen LogP contribution in [0.5, 0.6) is 0 Å². The SMILES string of the molecule is CCOC(=O)c1sc(C)c2c1NC(c1ccc(SC)cc1)N(Cc1ccccc1)C2=O. The Morgan fingerprint density at radius 1 is 1.16 bits per heavy atom. The Morgan fingerprint density at radius 3 is 2.52 bits per heavy atom. The van der Waals surface area contributed by atoms with Crippen molar-refractivity contribution < 1.29 is 14.3 Å². The Balaban J connectivity index is 1.79. The lowest BCUT2D eigenvalue weighted by atomic mass is 10.0. The molecule has 1 amide bonds. The summed E-state index contributed by atoms with van der Waals surface area (Å²) in [4.78, 5) is 30.5. The number of benzene rings is 2. The third kappa shape index (κ3) is 4.20. The highest BCUT2D eigenvalue weighted by molar-refractivity contribution is 7.98. The van der Waals surface area contributed by atoms with E-state index in [0.29, 0.717) is 22.7 Å². The molecule has 7 heteroatoms. The number of aryl methyl sites for hydroxylation is 1. The molecule has 31 heavy (non-hydrogen) atoms. The zero-order valence-corrected chi connectivity index (χ0v) is 19.3. The second-order valence-electron chi connectivity index (χ2n) is 7.20. The molecule has 3 aromatic rings. The molecule has 2 heterocycles. The highest BCUT2D eigenvalue weighted by atomic mass is 32.2. The fraction of sp³-hybridized carbons (Fsp3) is 0.250. The summed E-state index contributed by atoms with van der Waals surface area (Å²) < 4.78 is 5.24. The van der Waals surface area contributed by atoms with E-state index in [9.17, 15) is 9.59 Å². The van der Waals surface area contributed by atoms with E-state index in [1.54, 1.807) is 18.7 Å². The summed E-state index contributed by atoms with van der Waals surface area (Å²) in [7, 11) is 0. The van der Waals surface area contributed by atoms with E-state index >= 15 is 0 Å².